The summed E-state index contributed by atoms with van der Waals surface area (Å²) in [4.78, 5) is 5.96. The van der Waals surface area contributed by atoms with Crippen LogP contribution < -0.4 is 5.32 Å². The summed E-state index contributed by atoms with van der Waals surface area (Å²) >= 11 is 11.3. The van der Waals surface area contributed by atoms with Crippen molar-refractivity contribution in [1.82, 2.24) is 4.98 Å². The van der Waals surface area contributed by atoms with Gasteiger partial charge in [0.05, 0.1) is 21.6 Å². The minimum atomic E-state index is 0.333. The molecule has 0 spiro atoms. The van der Waals surface area contributed by atoms with E-state index in [2.05, 4.69) is 56.6 Å². The average Bonchev–Trinajstić information content (AvgIpc) is 2.99. The van der Waals surface area contributed by atoms with Gasteiger partial charge in [0, 0.05) is 20.9 Å². The quantitative estimate of drug-likeness (QED) is 0.607. The lowest BCUT2D eigenvalue weighted by atomic mass is 10.1. The van der Waals surface area contributed by atoms with Crippen LogP contribution in [0.5, 0.6) is 0 Å². The van der Waals surface area contributed by atoms with Crippen LogP contribution in [0, 0.1) is 0 Å². The molecule has 2 aromatic heterocycles. The molecule has 0 radical (unpaired) electrons. The second-order valence-electron chi connectivity index (χ2n) is 5.20. The number of halogens is 2. The molecule has 21 heavy (non-hydrogen) atoms. The van der Waals surface area contributed by atoms with Gasteiger partial charge in [0.2, 0.25) is 0 Å². The van der Waals surface area contributed by atoms with E-state index >= 15 is 0 Å². The van der Waals surface area contributed by atoms with E-state index < -0.39 is 0 Å². The second-order valence-corrected chi connectivity index (χ2v) is 7.88. The number of nitrogens with one attached hydrogen (secondary N) is 1. The van der Waals surface area contributed by atoms with Crippen molar-refractivity contribution in [2.75, 3.05) is 5.32 Å². The molecule has 1 aromatic carbocycles. The highest BCUT2D eigenvalue weighted by atomic mass is 79.9. The minimum Gasteiger partial charge on any atom is -0.376 e. The Morgan fingerprint density at radius 1 is 1.33 bits per heavy atom. The highest BCUT2D eigenvalue weighted by Gasteiger charge is 2.25. The number of hydrogen-bond acceptors (Lipinski definition) is 3. The normalized spacial score (nSPS) is 17.1. The number of aryl methyl sites for hydroxylation is 1. The summed E-state index contributed by atoms with van der Waals surface area (Å²) in [5.74, 6) is 0. The molecule has 0 saturated carbocycles. The number of nitrogens with zero attached hydrogens (tertiary/aromatic N) is 1. The smallest absolute Gasteiger partial charge is 0.0934 e. The largest absolute Gasteiger partial charge is 0.376 e. The van der Waals surface area contributed by atoms with Crippen molar-refractivity contribution in [2.24, 2.45) is 0 Å². The van der Waals surface area contributed by atoms with Gasteiger partial charge in [-0.25, -0.2) is 0 Å². The Morgan fingerprint density at radius 3 is 3.14 bits per heavy atom. The van der Waals surface area contributed by atoms with Gasteiger partial charge in [0.25, 0.3) is 0 Å². The predicted octanol–water partition coefficient (Wildman–Crippen LogP) is 5.81. The van der Waals surface area contributed by atoms with E-state index in [0.29, 0.717) is 6.04 Å². The highest BCUT2D eigenvalue weighted by molar-refractivity contribution is 9.10. The maximum Gasteiger partial charge on any atom is 0.0934 e. The topological polar surface area (TPSA) is 24.9 Å². The molecule has 2 heterocycles. The van der Waals surface area contributed by atoms with Crippen molar-refractivity contribution >= 4 is 55.5 Å². The summed E-state index contributed by atoms with van der Waals surface area (Å²) in [7, 11) is 0. The SMILES string of the molecule is Clc1cc2c(s1)CCC2Nc1cccc2cc(Br)cnc12. The van der Waals surface area contributed by atoms with Gasteiger partial charge in [-0.15, -0.1) is 11.3 Å². The van der Waals surface area contributed by atoms with Crippen molar-refractivity contribution in [3.8, 4) is 0 Å². The van der Waals surface area contributed by atoms with Gasteiger partial charge < -0.3 is 5.32 Å². The van der Waals surface area contributed by atoms with Gasteiger partial charge in [0.1, 0.15) is 0 Å². The zero-order chi connectivity index (χ0) is 14.4. The van der Waals surface area contributed by atoms with E-state index in [9.17, 15) is 0 Å². The number of para-hydroxylation sites is 1. The summed E-state index contributed by atoms with van der Waals surface area (Å²) < 4.78 is 1.88. The van der Waals surface area contributed by atoms with Crippen LogP contribution in [0.4, 0.5) is 5.69 Å². The molecule has 1 aliphatic carbocycles. The number of hydrogen-bond donors (Lipinski definition) is 1. The molecule has 1 atom stereocenters. The summed E-state index contributed by atoms with van der Waals surface area (Å²) in [6.07, 6.45) is 4.06. The van der Waals surface area contributed by atoms with Crippen LogP contribution in [0.3, 0.4) is 0 Å². The Bertz CT molecular complexity index is 830. The Balaban J connectivity index is 1.72. The fraction of sp³-hybridized carbons (Fsp3) is 0.188. The lowest BCUT2D eigenvalue weighted by Gasteiger charge is -2.16. The van der Waals surface area contributed by atoms with Crippen molar-refractivity contribution < 1.29 is 0 Å². The Kier molecular flexibility index (Phi) is 3.40. The molecule has 0 bridgehead atoms. The van der Waals surface area contributed by atoms with Gasteiger partial charge in [-0.1, -0.05) is 23.7 Å². The van der Waals surface area contributed by atoms with E-state index in [-0.39, 0.29) is 0 Å². The van der Waals surface area contributed by atoms with Crippen LogP contribution >= 0.6 is 38.9 Å². The third-order valence-electron chi connectivity index (χ3n) is 3.85. The fourth-order valence-electron chi connectivity index (χ4n) is 2.92. The lowest BCUT2D eigenvalue weighted by Crippen LogP contribution is -2.07. The van der Waals surface area contributed by atoms with Crippen LogP contribution in [0.25, 0.3) is 10.9 Å². The van der Waals surface area contributed by atoms with Crippen molar-refractivity contribution in [3.05, 3.63) is 55.8 Å². The number of pyridine rings is 1. The van der Waals surface area contributed by atoms with E-state index in [1.165, 1.54) is 10.4 Å². The molecule has 106 valence electrons. The molecule has 4 rings (SSSR count). The predicted molar refractivity (Wildman–Crippen MR) is 93.5 cm³/mol. The molecular formula is C16H12BrClN2S. The maximum atomic E-state index is 6.13. The molecule has 0 aliphatic heterocycles. The number of thiophene rings is 1. The summed E-state index contributed by atoms with van der Waals surface area (Å²) in [6.45, 7) is 0. The fourth-order valence-corrected chi connectivity index (χ4v) is 4.62. The molecule has 3 aromatic rings. The zero-order valence-electron chi connectivity index (χ0n) is 11.1. The first kappa shape index (κ1) is 13.6. The van der Waals surface area contributed by atoms with Crippen molar-refractivity contribution in [1.29, 1.82) is 0 Å². The van der Waals surface area contributed by atoms with Crippen LogP contribution in [0.1, 0.15) is 22.9 Å². The number of anilines is 1. The van der Waals surface area contributed by atoms with Crippen LogP contribution in [0.2, 0.25) is 4.34 Å². The molecule has 0 saturated heterocycles. The van der Waals surface area contributed by atoms with Gasteiger partial charge in [-0.2, -0.15) is 0 Å². The van der Waals surface area contributed by atoms with Gasteiger partial charge in [-0.05, 0) is 52.5 Å². The average molecular weight is 380 g/mol. The maximum absolute atomic E-state index is 6.13. The molecule has 1 unspecified atom stereocenters. The van der Waals surface area contributed by atoms with Gasteiger partial charge in [0.15, 0.2) is 0 Å². The monoisotopic (exact) mass is 378 g/mol. The number of aromatic nitrogens is 1. The highest BCUT2D eigenvalue weighted by Crippen LogP contribution is 2.41. The third kappa shape index (κ3) is 2.45. The van der Waals surface area contributed by atoms with Crippen LogP contribution in [0.15, 0.2) is 41.0 Å². The Labute approximate surface area is 140 Å². The molecular weight excluding hydrogens is 368 g/mol. The molecule has 0 fully saturated rings. The summed E-state index contributed by atoms with van der Waals surface area (Å²) in [5, 5.41) is 4.78. The van der Waals surface area contributed by atoms with E-state index in [0.717, 1.165) is 38.2 Å². The summed E-state index contributed by atoms with van der Waals surface area (Å²) in [5.41, 5.74) is 3.44. The van der Waals surface area contributed by atoms with Gasteiger partial charge >= 0.3 is 0 Å². The van der Waals surface area contributed by atoms with Crippen LogP contribution in [-0.4, -0.2) is 4.98 Å². The Morgan fingerprint density at radius 2 is 2.24 bits per heavy atom. The van der Waals surface area contributed by atoms with E-state index in [1.807, 2.05) is 6.20 Å². The first-order chi connectivity index (χ1) is 10.2. The van der Waals surface area contributed by atoms with Crippen molar-refractivity contribution in [3.63, 3.8) is 0 Å². The first-order valence-electron chi connectivity index (χ1n) is 6.79. The molecule has 2 nitrogen and oxygen atoms in total. The second kappa shape index (κ2) is 5.27. The first-order valence-corrected chi connectivity index (χ1v) is 8.78. The molecule has 1 aliphatic rings. The van der Waals surface area contributed by atoms with E-state index in [1.54, 1.807) is 11.3 Å². The van der Waals surface area contributed by atoms with Gasteiger partial charge in [-0.3, -0.25) is 4.98 Å². The molecule has 1 N–H and O–H groups in total. The minimum absolute atomic E-state index is 0.333. The number of benzene rings is 1. The Hall–Kier alpha value is -1.10. The van der Waals surface area contributed by atoms with Crippen LogP contribution in [-0.2, 0) is 6.42 Å². The van der Waals surface area contributed by atoms with Crippen molar-refractivity contribution in [2.45, 2.75) is 18.9 Å². The zero-order valence-corrected chi connectivity index (χ0v) is 14.2. The molecule has 5 heteroatoms. The number of fused-ring (bicyclic) bond motifs is 2. The third-order valence-corrected chi connectivity index (χ3v) is 5.63. The van der Waals surface area contributed by atoms with E-state index in [4.69, 9.17) is 11.6 Å². The summed E-state index contributed by atoms with van der Waals surface area (Å²) in [6, 6.07) is 10.8. The lowest BCUT2D eigenvalue weighted by molar-refractivity contribution is 0.763. The standard InChI is InChI=1S/C16H12BrClN2S/c17-10-6-9-2-1-3-13(16(9)19-8-10)20-12-4-5-14-11(12)7-15(18)21-14/h1-3,6-8,12,20H,4-5H2. The number of rotatable bonds is 2. The molecule has 0 amide bonds.